The molecular weight excluding hydrogens is 405 g/mol. The topological polar surface area (TPSA) is 36.9 Å². The van der Waals surface area contributed by atoms with Crippen LogP contribution in [0, 0.1) is 0 Å². The summed E-state index contributed by atoms with van der Waals surface area (Å²) in [5, 5.41) is 0. The van der Waals surface area contributed by atoms with Crippen LogP contribution in [0.25, 0.3) is 0 Å². The molecule has 0 aliphatic rings. The summed E-state index contributed by atoms with van der Waals surface area (Å²) < 4.78 is 25.2. The van der Waals surface area contributed by atoms with Crippen molar-refractivity contribution in [3.63, 3.8) is 0 Å². The summed E-state index contributed by atoms with van der Waals surface area (Å²) in [4.78, 5) is 0. The molecular formula is C19H56O4Si4. The molecule has 0 radical (unpaired) electrons. The lowest BCUT2D eigenvalue weighted by molar-refractivity contribution is 0.133. The van der Waals surface area contributed by atoms with E-state index < -0.39 is 33.8 Å². The Kier molecular flexibility index (Phi) is 22.1. The van der Waals surface area contributed by atoms with Gasteiger partial charge in [-0.3, -0.25) is 0 Å². The Morgan fingerprint density at radius 3 is 1.41 bits per heavy atom. The van der Waals surface area contributed by atoms with E-state index in [1.807, 2.05) is 0 Å². The quantitative estimate of drug-likeness (QED) is 0.219. The van der Waals surface area contributed by atoms with E-state index >= 15 is 0 Å². The zero-order valence-electron chi connectivity index (χ0n) is 17.2. The van der Waals surface area contributed by atoms with Crippen LogP contribution in [0.3, 0.4) is 0 Å². The van der Waals surface area contributed by atoms with Gasteiger partial charge in [-0.25, -0.2) is 0 Å². The van der Waals surface area contributed by atoms with Gasteiger partial charge in [0.05, 0.1) is 0 Å². The van der Waals surface area contributed by atoms with Crippen LogP contribution in [0.4, 0.5) is 0 Å². The van der Waals surface area contributed by atoms with Crippen molar-refractivity contribution in [1.29, 1.82) is 0 Å². The molecule has 8 heteroatoms. The first-order valence-corrected chi connectivity index (χ1v) is 21.0. The molecule has 0 aliphatic heterocycles. The van der Waals surface area contributed by atoms with Crippen molar-refractivity contribution in [1.82, 2.24) is 0 Å². The summed E-state index contributed by atoms with van der Waals surface area (Å²) in [6.45, 7) is 23.7. The predicted octanol–water partition coefficient (Wildman–Crippen LogP) is 7.84. The van der Waals surface area contributed by atoms with E-state index in [-0.39, 0.29) is 29.7 Å². The first kappa shape index (κ1) is 38.3. The maximum atomic E-state index is 6.63. The summed E-state index contributed by atoms with van der Waals surface area (Å²) in [7, 11) is -7.67. The van der Waals surface area contributed by atoms with Gasteiger partial charge in [0.2, 0.25) is 0 Å². The van der Waals surface area contributed by atoms with Crippen molar-refractivity contribution in [3.8, 4) is 0 Å². The molecule has 0 saturated carbocycles. The van der Waals surface area contributed by atoms with E-state index in [0.717, 1.165) is 32.1 Å². The third kappa shape index (κ3) is 22.9. The third-order valence-corrected chi connectivity index (χ3v) is 16.4. The number of ether oxygens (including phenoxy) is 1. The summed E-state index contributed by atoms with van der Waals surface area (Å²) in [5.74, 6) is 0. The fraction of sp³-hybridized carbons (Fsp3) is 1.00. The lowest BCUT2D eigenvalue weighted by Crippen LogP contribution is -2.56. The van der Waals surface area contributed by atoms with Crippen molar-refractivity contribution >= 4 is 33.8 Å². The minimum absolute atomic E-state index is 0. The Hall–Kier alpha value is 0.708. The predicted molar refractivity (Wildman–Crippen MR) is 137 cm³/mol. The molecule has 0 unspecified atom stereocenters. The van der Waals surface area contributed by atoms with Crippen molar-refractivity contribution in [2.75, 3.05) is 13.2 Å². The molecule has 0 aromatic rings. The molecule has 0 fully saturated rings. The lowest BCUT2D eigenvalue weighted by atomic mass is 10.5. The Bertz CT molecular complexity index is 342. The lowest BCUT2D eigenvalue weighted by Gasteiger charge is -2.41. The molecule has 0 heterocycles. The molecule has 0 N–H and O–H groups in total. The third-order valence-electron chi connectivity index (χ3n) is 2.80. The van der Waals surface area contributed by atoms with Crippen LogP contribution >= 0.6 is 0 Å². The average molecular weight is 461 g/mol. The second-order valence-electron chi connectivity index (χ2n) is 8.78. The number of rotatable bonds is 12. The minimum Gasteiger partial charge on any atom is -0.437 e. The maximum Gasteiger partial charge on any atom is 0.315 e. The zero-order valence-corrected chi connectivity index (χ0v) is 21.2. The van der Waals surface area contributed by atoms with Crippen molar-refractivity contribution in [2.24, 2.45) is 0 Å². The highest BCUT2D eigenvalue weighted by Gasteiger charge is 2.44. The Morgan fingerprint density at radius 1 is 0.593 bits per heavy atom. The van der Waals surface area contributed by atoms with Gasteiger partial charge in [-0.2, -0.15) is 0 Å². The molecule has 27 heavy (non-hydrogen) atoms. The van der Waals surface area contributed by atoms with Crippen LogP contribution in [0.1, 0.15) is 49.5 Å². The van der Waals surface area contributed by atoms with Gasteiger partial charge in [0.1, 0.15) is 0 Å². The fourth-order valence-corrected chi connectivity index (χ4v) is 20.7. The van der Waals surface area contributed by atoms with Crippen LogP contribution < -0.4 is 0 Å². The minimum atomic E-state index is -2.24. The summed E-state index contributed by atoms with van der Waals surface area (Å²) in [5.41, 5.74) is 0. The zero-order chi connectivity index (χ0) is 18.4. The van der Waals surface area contributed by atoms with Gasteiger partial charge >= 0.3 is 17.1 Å². The van der Waals surface area contributed by atoms with Gasteiger partial charge in [0.25, 0.3) is 0 Å². The Labute approximate surface area is 178 Å². The van der Waals surface area contributed by atoms with Crippen molar-refractivity contribution < 1.29 is 17.1 Å². The van der Waals surface area contributed by atoms with Crippen LogP contribution in [-0.2, 0) is 17.1 Å². The number of hydrogen-bond acceptors (Lipinski definition) is 4. The number of hydrogen-bond donors (Lipinski definition) is 0. The average Bonchev–Trinajstić information content (AvgIpc) is 2.20. The summed E-state index contributed by atoms with van der Waals surface area (Å²) in [6.07, 6.45) is 2.07. The second kappa shape index (κ2) is 15.5. The van der Waals surface area contributed by atoms with E-state index in [0.29, 0.717) is 0 Å². The molecule has 0 rings (SSSR count). The standard InChI is InChI=1S/C15H40O4Si4.4CH4/c1-11-13-16-14-12-15-23(10,18-21(5,6)7)19-22(8,9)17-20(2,3)4;;;;/h11-15H2,1-10H3;4*1H4/t23-;;;;/m0..../s1. The van der Waals surface area contributed by atoms with E-state index in [1.54, 1.807) is 0 Å². The molecule has 0 spiro atoms. The van der Waals surface area contributed by atoms with E-state index in [1.165, 1.54) is 0 Å². The molecule has 0 aromatic carbocycles. The molecule has 172 valence electrons. The van der Waals surface area contributed by atoms with Crippen LogP contribution in [0.15, 0.2) is 0 Å². The van der Waals surface area contributed by atoms with Crippen LogP contribution in [0.5, 0.6) is 0 Å². The van der Waals surface area contributed by atoms with Crippen LogP contribution in [-0.4, -0.2) is 47.0 Å². The Morgan fingerprint density at radius 2 is 1.04 bits per heavy atom. The fourth-order valence-electron chi connectivity index (χ4n) is 2.79. The van der Waals surface area contributed by atoms with Gasteiger partial charge in [0, 0.05) is 13.2 Å². The molecule has 0 amide bonds. The van der Waals surface area contributed by atoms with Gasteiger partial charge in [-0.1, -0.05) is 36.6 Å². The highest BCUT2D eigenvalue weighted by atomic mass is 28.5. The van der Waals surface area contributed by atoms with Crippen molar-refractivity contribution in [2.45, 2.75) is 114 Å². The van der Waals surface area contributed by atoms with E-state index in [4.69, 9.17) is 17.1 Å². The van der Waals surface area contributed by atoms with Crippen molar-refractivity contribution in [3.05, 3.63) is 0 Å². The highest BCUT2D eigenvalue weighted by molar-refractivity contribution is 6.89. The Balaban J connectivity index is -0.000000403. The second-order valence-corrected chi connectivity index (χ2v) is 25.2. The normalized spacial score (nSPS) is 14.0. The molecule has 0 bridgehead atoms. The van der Waals surface area contributed by atoms with Crippen LogP contribution in [0.2, 0.25) is 65.0 Å². The molecule has 0 saturated heterocycles. The molecule has 0 aliphatic carbocycles. The molecule has 1 atom stereocenters. The van der Waals surface area contributed by atoms with Gasteiger partial charge in [-0.15, -0.1) is 0 Å². The summed E-state index contributed by atoms with van der Waals surface area (Å²) in [6, 6.07) is 0.979. The monoisotopic (exact) mass is 460 g/mol. The summed E-state index contributed by atoms with van der Waals surface area (Å²) >= 11 is 0. The van der Waals surface area contributed by atoms with E-state index in [9.17, 15) is 0 Å². The largest absolute Gasteiger partial charge is 0.437 e. The van der Waals surface area contributed by atoms with Gasteiger partial charge < -0.3 is 17.1 Å². The van der Waals surface area contributed by atoms with Gasteiger partial charge in [-0.05, 0) is 77.8 Å². The maximum absolute atomic E-state index is 6.63. The molecule has 0 aromatic heterocycles. The smallest absolute Gasteiger partial charge is 0.315 e. The first-order valence-electron chi connectivity index (χ1n) is 8.86. The highest BCUT2D eigenvalue weighted by Crippen LogP contribution is 2.27. The SMILES string of the molecule is C.C.C.C.CCCOCCC[Si@@](C)(O[Si](C)(C)C)O[Si](C)(C)O[Si](C)(C)C. The first-order chi connectivity index (χ1) is 10.2. The van der Waals surface area contributed by atoms with Gasteiger partial charge in [0.15, 0.2) is 16.6 Å². The molecule has 4 nitrogen and oxygen atoms in total. The van der Waals surface area contributed by atoms with E-state index in [2.05, 4.69) is 65.8 Å².